The molecule has 1 aromatic carbocycles. The summed E-state index contributed by atoms with van der Waals surface area (Å²) in [7, 11) is 0. The lowest BCUT2D eigenvalue weighted by Gasteiger charge is -2.24. The molecule has 1 aliphatic rings. The molecule has 17 heavy (non-hydrogen) atoms. The third kappa shape index (κ3) is 3.16. The van der Waals surface area contributed by atoms with Gasteiger partial charge in [-0.15, -0.1) is 0 Å². The second-order valence-corrected chi connectivity index (χ2v) is 4.89. The van der Waals surface area contributed by atoms with Gasteiger partial charge in [0.1, 0.15) is 5.82 Å². The molecule has 0 amide bonds. The second-order valence-electron chi connectivity index (χ2n) is 4.89. The minimum absolute atomic E-state index is 0.221. The predicted octanol–water partition coefficient (Wildman–Crippen LogP) is 3.39. The van der Waals surface area contributed by atoms with Crippen molar-refractivity contribution in [2.24, 2.45) is 5.92 Å². The summed E-state index contributed by atoms with van der Waals surface area (Å²) in [6.07, 6.45) is 7.51. The fraction of sp³-hybridized carbons (Fsp3) is 0.467. The Bertz CT molecular complexity index is 411. The molecule has 2 heteroatoms. The van der Waals surface area contributed by atoms with E-state index in [9.17, 15) is 9.50 Å². The molecule has 0 bridgehead atoms. The van der Waals surface area contributed by atoms with E-state index in [1.807, 2.05) is 6.92 Å². The highest BCUT2D eigenvalue weighted by Gasteiger charge is 2.20. The first-order valence-electron chi connectivity index (χ1n) is 6.25. The number of hydrogen-bond acceptors (Lipinski definition) is 1. The molecule has 0 spiro atoms. The smallest absolute Gasteiger partial charge is 0.123 e. The lowest BCUT2D eigenvalue weighted by atomic mass is 9.86. The topological polar surface area (TPSA) is 20.2 Å². The lowest BCUT2D eigenvalue weighted by molar-refractivity contribution is 0.102. The summed E-state index contributed by atoms with van der Waals surface area (Å²) in [5.41, 5.74) is 1.98. The van der Waals surface area contributed by atoms with Crippen LogP contribution in [0.5, 0.6) is 0 Å². The van der Waals surface area contributed by atoms with E-state index < -0.39 is 0 Å². The van der Waals surface area contributed by atoms with Crippen molar-refractivity contribution in [1.29, 1.82) is 0 Å². The zero-order valence-electron chi connectivity index (χ0n) is 10.2. The molecule has 92 valence electrons. The first kappa shape index (κ1) is 12.3. The molecule has 0 aliphatic heterocycles. The highest BCUT2D eigenvalue weighted by molar-refractivity contribution is 5.27. The normalized spacial score (nSPS) is 21.5. The van der Waals surface area contributed by atoms with Crippen LogP contribution in [0.4, 0.5) is 4.39 Å². The first-order chi connectivity index (χ1) is 8.16. The summed E-state index contributed by atoms with van der Waals surface area (Å²) in [6.45, 7) is 1.96. The molecule has 1 aliphatic carbocycles. The van der Waals surface area contributed by atoms with Crippen molar-refractivity contribution in [1.82, 2.24) is 0 Å². The number of benzene rings is 1. The largest absolute Gasteiger partial charge is 0.392 e. The van der Waals surface area contributed by atoms with E-state index >= 15 is 0 Å². The molecule has 2 rings (SSSR count). The Hall–Kier alpha value is -1.15. The van der Waals surface area contributed by atoms with Crippen LogP contribution in [-0.4, -0.2) is 11.2 Å². The highest BCUT2D eigenvalue weighted by Crippen LogP contribution is 2.24. The molecular formula is C15H19FO. The van der Waals surface area contributed by atoms with Gasteiger partial charge in [0.05, 0.1) is 6.10 Å². The van der Waals surface area contributed by atoms with Crippen LogP contribution in [0.3, 0.4) is 0 Å². The quantitative estimate of drug-likeness (QED) is 0.795. The number of aliphatic hydroxyl groups is 1. The number of halogens is 1. The molecule has 1 aromatic rings. The van der Waals surface area contributed by atoms with Gasteiger partial charge in [-0.25, -0.2) is 4.39 Å². The fourth-order valence-electron chi connectivity index (χ4n) is 2.42. The first-order valence-corrected chi connectivity index (χ1v) is 6.25. The minimum Gasteiger partial charge on any atom is -0.392 e. The Morgan fingerprint density at radius 2 is 2.24 bits per heavy atom. The van der Waals surface area contributed by atoms with Crippen molar-refractivity contribution in [3.8, 4) is 0 Å². The van der Waals surface area contributed by atoms with Crippen LogP contribution in [0.15, 0.2) is 30.4 Å². The Morgan fingerprint density at radius 1 is 1.41 bits per heavy atom. The molecule has 0 fully saturated rings. The zero-order chi connectivity index (χ0) is 12.3. The summed E-state index contributed by atoms with van der Waals surface area (Å²) >= 11 is 0. The van der Waals surface area contributed by atoms with Gasteiger partial charge in [-0.1, -0.05) is 18.2 Å². The van der Waals surface area contributed by atoms with Crippen LogP contribution in [0, 0.1) is 18.7 Å². The summed E-state index contributed by atoms with van der Waals surface area (Å²) in [5.74, 6) is 0.101. The van der Waals surface area contributed by atoms with Gasteiger partial charge in [0, 0.05) is 0 Å². The van der Waals surface area contributed by atoms with Crippen LogP contribution in [0.25, 0.3) is 0 Å². The third-order valence-electron chi connectivity index (χ3n) is 3.59. The Balaban J connectivity index is 2.04. The van der Waals surface area contributed by atoms with E-state index in [2.05, 4.69) is 12.2 Å². The van der Waals surface area contributed by atoms with Crippen molar-refractivity contribution in [3.05, 3.63) is 47.3 Å². The zero-order valence-corrected chi connectivity index (χ0v) is 10.2. The number of aliphatic hydroxyl groups excluding tert-OH is 1. The maximum Gasteiger partial charge on any atom is 0.123 e. The van der Waals surface area contributed by atoms with E-state index in [-0.39, 0.29) is 11.9 Å². The maximum absolute atomic E-state index is 13.1. The van der Waals surface area contributed by atoms with Crippen molar-refractivity contribution in [2.75, 3.05) is 0 Å². The van der Waals surface area contributed by atoms with Crippen molar-refractivity contribution < 1.29 is 9.50 Å². The van der Waals surface area contributed by atoms with Gasteiger partial charge in [0.25, 0.3) is 0 Å². The summed E-state index contributed by atoms with van der Waals surface area (Å²) < 4.78 is 13.1. The van der Waals surface area contributed by atoms with Gasteiger partial charge in [0.2, 0.25) is 0 Å². The van der Waals surface area contributed by atoms with Gasteiger partial charge in [0.15, 0.2) is 0 Å². The van der Waals surface area contributed by atoms with Gasteiger partial charge in [-0.2, -0.15) is 0 Å². The van der Waals surface area contributed by atoms with Gasteiger partial charge >= 0.3 is 0 Å². The summed E-state index contributed by atoms with van der Waals surface area (Å²) in [5, 5.41) is 10.2. The average Bonchev–Trinajstić information content (AvgIpc) is 2.35. The van der Waals surface area contributed by atoms with Crippen LogP contribution < -0.4 is 0 Å². The Morgan fingerprint density at radius 3 is 2.94 bits per heavy atom. The Labute approximate surface area is 102 Å². The van der Waals surface area contributed by atoms with E-state index in [4.69, 9.17) is 0 Å². The molecule has 0 heterocycles. The molecule has 2 atom stereocenters. The molecule has 1 nitrogen and oxygen atoms in total. The van der Waals surface area contributed by atoms with E-state index in [1.165, 1.54) is 12.1 Å². The standard InChI is InChI=1S/C15H19FO/c1-11-7-8-14(16)9-13(11)10-15(17)12-5-3-2-4-6-12/h2-3,7-9,12,15,17H,4-6,10H2,1H3. The number of hydrogen-bond donors (Lipinski definition) is 1. The van der Waals surface area contributed by atoms with Gasteiger partial charge < -0.3 is 5.11 Å². The second kappa shape index (κ2) is 5.46. The molecule has 0 radical (unpaired) electrons. The number of aryl methyl sites for hydroxylation is 1. The predicted molar refractivity (Wildman–Crippen MR) is 67.3 cm³/mol. The Kier molecular flexibility index (Phi) is 3.95. The average molecular weight is 234 g/mol. The molecular weight excluding hydrogens is 215 g/mol. The lowest BCUT2D eigenvalue weighted by Crippen LogP contribution is -2.24. The van der Waals surface area contributed by atoms with Gasteiger partial charge in [-0.3, -0.25) is 0 Å². The van der Waals surface area contributed by atoms with E-state index in [1.54, 1.807) is 6.07 Å². The van der Waals surface area contributed by atoms with Crippen LogP contribution in [0.1, 0.15) is 30.4 Å². The van der Waals surface area contributed by atoms with Crippen molar-refractivity contribution in [3.63, 3.8) is 0 Å². The SMILES string of the molecule is Cc1ccc(F)cc1CC(O)C1CC=CCC1. The highest BCUT2D eigenvalue weighted by atomic mass is 19.1. The van der Waals surface area contributed by atoms with Crippen LogP contribution in [0.2, 0.25) is 0 Å². The molecule has 1 N–H and O–H groups in total. The molecule has 0 aromatic heterocycles. The van der Waals surface area contributed by atoms with Crippen molar-refractivity contribution >= 4 is 0 Å². The van der Waals surface area contributed by atoms with Gasteiger partial charge in [-0.05, 0) is 61.8 Å². The van der Waals surface area contributed by atoms with Crippen molar-refractivity contribution in [2.45, 2.75) is 38.7 Å². The monoisotopic (exact) mass is 234 g/mol. The molecule has 2 unspecified atom stereocenters. The molecule has 0 saturated heterocycles. The van der Waals surface area contributed by atoms with Crippen LogP contribution in [-0.2, 0) is 6.42 Å². The maximum atomic E-state index is 13.1. The number of rotatable bonds is 3. The van der Waals surface area contributed by atoms with E-state index in [0.717, 1.165) is 30.4 Å². The summed E-state index contributed by atoms with van der Waals surface area (Å²) in [6, 6.07) is 4.78. The summed E-state index contributed by atoms with van der Waals surface area (Å²) in [4.78, 5) is 0. The minimum atomic E-state index is -0.361. The van der Waals surface area contributed by atoms with Crippen LogP contribution >= 0.6 is 0 Å². The number of allylic oxidation sites excluding steroid dienone is 2. The fourth-order valence-corrected chi connectivity index (χ4v) is 2.42. The third-order valence-corrected chi connectivity index (χ3v) is 3.59. The molecule has 0 saturated carbocycles. The van der Waals surface area contributed by atoms with E-state index in [0.29, 0.717) is 12.3 Å².